The number of ether oxygens (including phenoxy) is 1. The molecule has 9 heteroatoms. The maximum absolute atomic E-state index is 12.6. The molecule has 0 unspecified atom stereocenters. The Bertz CT molecular complexity index is 1050. The van der Waals surface area contributed by atoms with Crippen molar-refractivity contribution in [3.05, 3.63) is 71.9 Å². The van der Waals surface area contributed by atoms with E-state index in [-0.39, 0.29) is 6.04 Å². The van der Waals surface area contributed by atoms with Crippen LogP contribution >= 0.6 is 11.3 Å². The van der Waals surface area contributed by atoms with E-state index in [2.05, 4.69) is 31.6 Å². The van der Waals surface area contributed by atoms with Gasteiger partial charge in [-0.15, -0.1) is 11.3 Å². The third-order valence-electron chi connectivity index (χ3n) is 5.49. The Morgan fingerprint density at radius 2 is 1.87 bits per heavy atom. The van der Waals surface area contributed by atoms with Crippen LogP contribution in [-0.2, 0) is 10.0 Å². The lowest BCUT2D eigenvalue weighted by atomic mass is 10.1. The van der Waals surface area contributed by atoms with E-state index in [4.69, 9.17) is 4.74 Å². The van der Waals surface area contributed by atoms with Gasteiger partial charge < -0.3 is 9.64 Å². The van der Waals surface area contributed by atoms with E-state index in [0.717, 1.165) is 43.2 Å². The van der Waals surface area contributed by atoms with Crippen molar-refractivity contribution in [2.45, 2.75) is 10.3 Å². The number of hydrogen-bond acceptors (Lipinski definition) is 7. The molecule has 0 aliphatic carbocycles. The summed E-state index contributed by atoms with van der Waals surface area (Å²) in [6.45, 7) is 3.68. The molecular formula is C22H26N4O3S2. The number of nitrogens with zero attached hydrogens (tertiary/aromatic N) is 3. The molecule has 2 aromatic heterocycles. The number of rotatable bonds is 8. The van der Waals surface area contributed by atoms with Crippen molar-refractivity contribution >= 4 is 27.0 Å². The highest BCUT2D eigenvalue weighted by molar-refractivity contribution is 7.91. The number of aromatic nitrogens is 1. The summed E-state index contributed by atoms with van der Waals surface area (Å²) in [5.41, 5.74) is 2.17. The van der Waals surface area contributed by atoms with E-state index in [1.165, 1.54) is 11.3 Å². The van der Waals surface area contributed by atoms with Crippen LogP contribution in [0.5, 0.6) is 5.75 Å². The lowest BCUT2D eigenvalue weighted by molar-refractivity contribution is 0.186. The van der Waals surface area contributed by atoms with Gasteiger partial charge in [-0.3, -0.25) is 9.88 Å². The molecule has 1 fully saturated rings. The standard InChI is InChI=1S/C22H26N4O3S2/c1-29-20-8-6-19(7-9-20)25-11-13-26(14-12-25)21(18-4-2-10-23-16-18)17-24-31(27,28)22-5-3-15-30-22/h2-10,15-16,21,24H,11-14,17H2,1H3/t21-/m1/s1. The van der Waals surface area contributed by atoms with Crippen molar-refractivity contribution in [3.8, 4) is 5.75 Å². The Morgan fingerprint density at radius 3 is 2.48 bits per heavy atom. The number of hydrogen-bond donors (Lipinski definition) is 1. The van der Waals surface area contributed by atoms with Gasteiger partial charge in [0, 0.05) is 50.8 Å². The van der Waals surface area contributed by atoms with E-state index < -0.39 is 10.0 Å². The van der Waals surface area contributed by atoms with Crippen molar-refractivity contribution in [2.24, 2.45) is 0 Å². The smallest absolute Gasteiger partial charge is 0.250 e. The van der Waals surface area contributed by atoms with E-state index in [9.17, 15) is 8.42 Å². The molecule has 1 aromatic carbocycles. The van der Waals surface area contributed by atoms with Crippen LogP contribution in [0, 0.1) is 0 Å². The predicted molar refractivity (Wildman–Crippen MR) is 123 cm³/mol. The molecule has 0 spiro atoms. The van der Waals surface area contributed by atoms with Crippen LogP contribution in [0.3, 0.4) is 0 Å². The summed E-state index contributed by atoms with van der Waals surface area (Å²) in [5, 5.41) is 1.77. The monoisotopic (exact) mass is 458 g/mol. The summed E-state index contributed by atoms with van der Waals surface area (Å²) in [4.78, 5) is 8.92. The van der Waals surface area contributed by atoms with E-state index in [0.29, 0.717) is 10.8 Å². The van der Waals surface area contributed by atoms with Crippen molar-refractivity contribution < 1.29 is 13.2 Å². The molecule has 1 N–H and O–H groups in total. The first-order chi connectivity index (χ1) is 15.1. The topological polar surface area (TPSA) is 74.8 Å². The summed E-state index contributed by atoms with van der Waals surface area (Å²) in [7, 11) is -1.85. The Balaban J connectivity index is 1.45. The van der Waals surface area contributed by atoms with E-state index >= 15 is 0 Å². The summed E-state index contributed by atoms with van der Waals surface area (Å²) in [6, 6.07) is 15.3. The number of nitrogens with one attached hydrogen (secondary N) is 1. The lowest BCUT2D eigenvalue weighted by Gasteiger charge is -2.40. The maximum atomic E-state index is 12.6. The molecule has 7 nitrogen and oxygen atoms in total. The molecule has 0 amide bonds. The molecule has 4 rings (SSSR count). The number of piperazine rings is 1. The van der Waals surface area contributed by atoms with E-state index in [1.807, 2.05) is 30.5 Å². The van der Waals surface area contributed by atoms with Gasteiger partial charge in [0.2, 0.25) is 10.0 Å². The van der Waals surface area contributed by atoms with Crippen LogP contribution in [0.25, 0.3) is 0 Å². The van der Waals surface area contributed by atoms with Crippen LogP contribution in [0.15, 0.2) is 70.5 Å². The van der Waals surface area contributed by atoms with Gasteiger partial charge in [0.1, 0.15) is 9.96 Å². The van der Waals surface area contributed by atoms with Gasteiger partial charge in [-0.2, -0.15) is 0 Å². The van der Waals surface area contributed by atoms with Gasteiger partial charge in [-0.05, 0) is 47.3 Å². The number of methoxy groups -OCH3 is 1. The number of pyridine rings is 1. The predicted octanol–water partition coefficient (Wildman–Crippen LogP) is 2.99. The van der Waals surface area contributed by atoms with Gasteiger partial charge in [0.25, 0.3) is 0 Å². The Labute approximate surface area is 187 Å². The molecule has 31 heavy (non-hydrogen) atoms. The minimum atomic E-state index is -3.52. The molecule has 1 atom stereocenters. The molecule has 0 saturated carbocycles. The number of anilines is 1. The highest BCUT2D eigenvalue weighted by Gasteiger charge is 2.27. The van der Waals surface area contributed by atoms with Crippen LogP contribution < -0.4 is 14.4 Å². The van der Waals surface area contributed by atoms with Gasteiger partial charge in [-0.1, -0.05) is 12.1 Å². The fraction of sp³-hybridized carbons (Fsp3) is 0.318. The third-order valence-corrected chi connectivity index (χ3v) is 8.31. The van der Waals surface area contributed by atoms with Crippen molar-refractivity contribution in [1.29, 1.82) is 0 Å². The highest BCUT2D eigenvalue weighted by atomic mass is 32.2. The zero-order chi connectivity index (χ0) is 21.7. The number of thiophene rings is 1. The second kappa shape index (κ2) is 9.78. The van der Waals surface area contributed by atoms with Crippen LogP contribution in [0.2, 0.25) is 0 Å². The quantitative estimate of drug-likeness (QED) is 0.559. The molecular weight excluding hydrogens is 432 g/mol. The third kappa shape index (κ3) is 5.24. The molecule has 0 radical (unpaired) electrons. The van der Waals surface area contributed by atoms with Gasteiger partial charge >= 0.3 is 0 Å². The summed E-state index contributed by atoms with van der Waals surface area (Å²) in [5.74, 6) is 0.844. The molecule has 1 aliphatic rings. The van der Waals surface area contributed by atoms with Crippen LogP contribution in [0.1, 0.15) is 11.6 Å². The van der Waals surface area contributed by atoms with E-state index in [1.54, 1.807) is 30.8 Å². The zero-order valence-corrected chi connectivity index (χ0v) is 19.0. The maximum Gasteiger partial charge on any atom is 0.250 e. The summed E-state index contributed by atoms with van der Waals surface area (Å²) in [6.07, 6.45) is 3.55. The molecule has 1 saturated heterocycles. The fourth-order valence-corrected chi connectivity index (χ4v) is 5.87. The first kappa shape index (κ1) is 21.8. The zero-order valence-electron chi connectivity index (χ0n) is 17.3. The molecule has 0 bridgehead atoms. The van der Waals surface area contributed by atoms with Crippen LogP contribution in [0.4, 0.5) is 5.69 Å². The molecule has 3 aromatic rings. The largest absolute Gasteiger partial charge is 0.497 e. The SMILES string of the molecule is COc1ccc(N2CCN([C@H](CNS(=O)(=O)c3cccs3)c3cccnc3)CC2)cc1. The molecule has 3 heterocycles. The lowest BCUT2D eigenvalue weighted by Crippen LogP contribution is -2.49. The molecule has 164 valence electrons. The Hall–Kier alpha value is -2.46. The van der Waals surface area contributed by atoms with Crippen molar-refractivity contribution in [1.82, 2.24) is 14.6 Å². The summed E-state index contributed by atoms with van der Waals surface area (Å²) >= 11 is 1.22. The first-order valence-electron chi connectivity index (χ1n) is 10.1. The first-order valence-corrected chi connectivity index (χ1v) is 12.5. The minimum absolute atomic E-state index is 0.0820. The fourth-order valence-electron chi connectivity index (χ4n) is 3.79. The van der Waals surface area contributed by atoms with Crippen molar-refractivity contribution in [2.75, 3.05) is 44.7 Å². The second-order valence-corrected chi connectivity index (χ2v) is 10.2. The minimum Gasteiger partial charge on any atom is -0.497 e. The normalized spacial score (nSPS) is 16.2. The second-order valence-electron chi connectivity index (χ2n) is 7.31. The highest BCUT2D eigenvalue weighted by Crippen LogP contribution is 2.25. The molecule has 1 aliphatic heterocycles. The Kier molecular flexibility index (Phi) is 6.86. The van der Waals surface area contributed by atoms with Crippen LogP contribution in [-0.4, -0.2) is 58.1 Å². The average molecular weight is 459 g/mol. The summed E-state index contributed by atoms with van der Waals surface area (Å²) < 4.78 is 33.7. The van der Waals surface area contributed by atoms with Gasteiger partial charge in [0.15, 0.2) is 0 Å². The van der Waals surface area contributed by atoms with Crippen molar-refractivity contribution in [3.63, 3.8) is 0 Å². The average Bonchev–Trinajstić information content (AvgIpc) is 3.37. The number of sulfonamides is 1. The van der Waals surface area contributed by atoms with Gasteiger partial charge in [0.05, 0.1) is 13.2 Å². The van der Waals surface area contributed by atoms with Gasteiger partial charge in [-0.25, -0.2) is 13.1 Å². The number of benzene rings is 1. The Morgan fingerprint density at radius 1 is 1.10 bits per heavy atom.